The van der Waals surface area contributed by atoms with E-state index in [1.807, 2.05) is 56.0 Å². The third kappa shape index (κ3) is 3.48. The zero-order chi connectivity index (χ0) is 16.4. The highest BCUT2D eigenvalue weighted by molar-refractivity contribution is 5.78. The van der Waals surface area contributed by atoms with Gasteiger partial charge in [0, 0.05) is 13.1 Å². The van der Waals surface area contributed by atoms with E-state index in [1.165, 1.54) is 0 Å². The Morgan fingerprint density at radius 2 is 2.05 bits per heavy atom. The van der Waals surface area contributed by atoms with Gasteiger partial charge in [0.15, 0.2) is 0 Å². The van der Waals surface area contributed by atoms with Crippen molar-refractivity contribution < 1.29 is 14.6 Å². The third-order valence-corrected chi connectivity index (χ3v) is 4.12. The summed E-state index contributed by atoms with van der Waals surface area (Å²) in [4.78, 5) is 14.6. The maximum absolute atomic E-state index is 12.5. The van der Waals surface area contributed by atoms with Crippen molar-refractivity contribution in [3.8, 4) is 0 Å². The highest BCUT2D eigenvalue weighted by Gasteiger charge is 2.52. The molecule has 1 aliphatic heterocycles. The van der Waals surface area contributed by atoms with Crippen molar-refractivity contribution in [3.63, 3.8) is 0 Å². The number of nitrogens with zero attached hydrogens (tertiary/aromatic N) is 1. The molecular weight excluding hydrogens is 280 g/mol. The molecule has 5 heteroatoms. The Labute approximate surface area is 132 Å². The molecule has 1 aromatic rings. The topological polar surface area (TPSA) is 75.8 Å². The Morgan fingerprint density at radius 1 is 1.41 bits per heavy atom. The van der Waals surface area contributed by atoms with Crippen molar-refractivity contribution >= 4 is 5.97 Å². The van der Waals surface area contributed by atoms with Gasteiger partial charge in [0.25, 0.3) is 0 Å². The molecule has 3 N–H and O–H groups in total. The first-order chi connectivity index (χ1) is 10.3. The van der Waals surface area contributed by atoms with Gasteiger partial charge in [0.05, 0.1) is 12.8 Å². The van der Waals surface area contributed by atoms with Crippen molar-refractivity contribution in [2.75, 3.05) is 13.2 Å². The van der Waals surface area contributed by atoms with Crippen LogP contribution < -0.4 is 5.73 Å². The first-order valence-corrected chi connectivity index (χ1v) is 7.66. The van der Waals surface area contributed by atoms with Gasteiger partial charge in [-0.2, -0.15) is 0 Å². The molecule has 0 spiro atoms. The van der Waals surface area contributed by atoms with E-state index in [0.29, 0.717) is 19.5 Å². The van der Waals surface area contributed by atoms with Gasteiger partial charge in [-0.05, 0) is 32.8 Å². The number of carbonyl (C=O) groups excluding carboxylic acids is 1. The molecule has 5 nitrogen and oxygen atoms in total. The number of aliphatic hydroxyl groups is 1. The van der Waals surface area contributed by atoms with E-state index in [0.717, 1.165) is 5.56 Å². The second-order valence-electron chi connectivity index (χ2n) is 6.97. The van der Waals surface area contributed by atoms with Crippen LogP contribution in [0.2, 0.25) is 0 Å². The number of esters is 1. The highest BCUT2D eigenvalue weighted by atomic mass is 16.6. The molecule has 1 aromatic carbocycles. The molecule has 22 heavy (non-hydrogen) atoms. The summed E-state index contributed by atoms with van der Waals surface area (Å²) in [5.41, 5.74) is 5.81. The normalized spacial score (nSPS) is 26.1. The van der Waals surface area contributed by atoms with E-state index in [4.69, 9.17) is 10.5 Å². The van der Waals surface area contributed by atoms with E-state index in [2.05, 4.69) is 0 Å². The first kappa shape index (κ1) is 16.9. The summed E-state index contributed by atoms with van der Waals surface area (Å²) < 4.78 is 5.48. The number of nitrogens with two attached hydrogens (primary N) is 1. The molecule has 0 radical (unpaired) electrons. The van der Waals surface area contributed by atoms with E-state index in [-0.39, 0.29) is 6.61 Å². The predicted molar refractivity (Wildman–Crippen MR) is 84.8 cm³/mol. The van der Waals surface area contributed by atoms with Crippen LogP contribution in [0.4, 0.5) is 0 Å². The van der Waals surface area contributed by atoms with E-state index >= 15 is 0 Å². The molecule has 2 atom stereocenters. The summed E-state index contributed by atoms with van der Waals surface area (Å²) in [6.45, 7) is 6.48. The van der Waals surface area contributed by atoms with E-state index < -0.39 is 23.2 Å². The molecule has 0 bridgehead atoms. The summed E-state index contributed by atoms with van der Waals surface area (Å²) in [7, 11) is 0. The Balaban J connectivity index is 2.13. The van der Waals surface area contributed by atoms with Gasteiger partial charge >= 0.3 is 5.97 Å². The summed E-state index contributed by atoms with van der Waals surface area (Å²) in [6, 6.07) is 9.97. The van der Waals surface area contributed by atoms with Gasteiger partial charge in [0.1, 0.15) is 11.0 Å². The Bertz CT molecular complexity index is 512. The van der Waals surface area contributed by atoms with Crippen LogP contribution in [0, 0.1) is 5.41 Å². The molecule has 0 unspecified atom stereocenters. The minimum absolute atomic E-state index is 0.297. The number of rotatable bonds is 4. The maximum atomic E-state index is 12.5. The molecule has 1 heterocycles. The number of hydrogen-bond acceptors (Lipinski definition) is 5. The largest absolute Gasteiger partial charge is 0.459 e. The van der Waals surface area contributed by atoms with Gasteiger partial charge in [-0.1, -0.05) is 30.3 Å². The third-order valence-electron chi connectivity index (χ3n) is 4.12. The molecule has 1 fully saturated rings. The lowest BCUT2D eigenvalue weighted by Gasteiger charge is -2.34. The summed E-state index contributed by atoms with van der Waals surface area (Å²) in [6.07, 6.45) is -0.0422. The van der Waals surface area contributed by atoms with Gasteiger partial charge < -0.3 is 15.6 Å². The number of ether oxygens (including phenoxy) is 1. The van der Waals surface area contributed by atoms with E-state index in [1.54, 1.807) is 0 Å². The molecule has 0 saturated carbocycles. The van der Waals surface area contributed by atoms with Gasteiger partial charge in [0.2, 0.25) is 0 Å². The zero-order valence-electron chi connectivity index (χ0n) is 13.6. The van der Waals surface area contributed by atoms with Crippen LogP contribution in [-0.4, -0.2) is 40.9 Å². The van der Waals surface area contributed by atoms with Crippen LogP contribution in [0.5, 0.6) is 0 Å². The monoisotopic (exact) mass is 306 g/mol. The average Bonchev–Trinajstić information content (AvgIpc) is 2.76. The van der Waals surface area contributed by atoms with Crippen LogP contribution in [0.15, 0.2) is 30.3 Å². The molecule has 1 saturated heterocycles. The fourth-order valence-electron chi connectivity index (χ4n) is 2.81. The average molecular weight is 306 g/mol. The summed E-state index contributed by atoms with van der Waals surface area (Å²) in [5, 5.41) is 9.83. The van der Waals surface area contributed by atoms with Crippen LogP contribution in [-0.2, 0) is 16.1 Å². The molecule has 2 rings (SSSR count). The maximum Gasteiger partial charge on any atom is 0.317 e. The zero-order valence-corrected chi connectivity index (χ0v) is 13.6. The van der Waals surface area contributed by atoms with Gasteiger partial charge in [-0.15, -0.1) is 0 Å². The molecule has 0 amide bonds. The number of hydrogen-bond donors (Lipinski definition) is 2. The second kappa shape index (κ2) is 6.36. The lowest BCUT2D eigenvalue weighted by Crippen LogP contribution is -2.54. The fourth-order valence-corrected chi connectivity index (χ4v) is 2.81. The van der Waals surface area contributed by atoms with Crippen molar-refractivity contribution in [2.45, 2.75) is 45.5 Å². The molecular formula is C17H26N2O3. The van der Waals surface area contributed by atoms with Gasteiger partial charge in [-0.3, -0.25) is 9.69 Å². The summed E-state index contributed by atoms with van der Waals surface area (Å²) in [5.74, 6) is -0.412. The minimum Gasteiger partial charge on any atom is -0.459 e. The van der Waals surface area contributed by atoms with Crippen LogP contribution >= 0.6 is 0 Å². The Hall–Kier alpha value is -1.43. The minimum atomic E-state index is -1.04. The number of aliphatic hydroxyl groups excluding tert-OH is 1. The van der Waals surface area contributed by atoms with Crippen molar-refractivity contribution in [2.24, 2.45) is 11.1 Å². The smallest absolute Gasteiger partial charge is 0.317 e. The Kier molecular flexibility index (Phi) is 4.90. The SMILES string of the molecule is CC(C)(C)OC(=O)[C@]1(CO)CCN(Cc2ccccc2)[C@@H]1N. The van der Waals surface area contributed by atoms with Crippen molar-refractivity contribution in [3.05, 3.63) is 35.9 Å². The van der Waals surface area contributed by atoms with Crippen LogP contribution in [0.1, 0.15) is 32.8 Å². The highest BCUT2D eigenvalue weighted by Crippen LogP contribution is 2.37. The standard InChI is InChI=1S/C17H26N2O3/c1-16(2,3)22-15(21)17(12-20)9-10-19(14(17)18)11-13-7-5-4-6-8-13/h4-8,14,20H,9-12,18H2,1-3H3/t14-,17-/m0/s1. The van der Waals surface area contributed by atoms with Crippen molar-refractivity contribution in [1.82, 2.24) is 4.90 Å². The number of likely N-dealkylation sites (tertiary alicyclic amines) is 1. The van der Waals surface area contributed by atoms with Crippen LogP contribution in [0.25, 0.3) is 0 Å². The fraction of sp³-hybridized carbons (Fsp3) is 0.588. The molecule has 1 aliphatic rings. The van der Waals surface area contributed by atoms with Crippen molar-refractivity contribution in [1.29, 1.82) is 0 Å². The summed E-state index contributed by atoms with van der Waals surface area (Å²) >= 11 is 0. The first-order valence-electron chi connectivity index (χ1n) is 7.66. The lowest BCUT2D eigenvalue weighted by atomic mass is 9.85. The van der Waals surface area contributed by atoms with Gasteiger partial charge in [-0.25, -0.2) is 0 Å². The molecule has 0 aromatic heterocycles. The Morgan fingerprint density at radius 3 is 2.59 bits per heavy atom. The molecule has 0 aliphatic carbocycles. The second-order valence-corrected chi connectivity index (χ2v) is 6.97. The molecule has 122 valence electrons. The number of carbonyl (C=O) groups is 1. The van der Waals surface area contributed by atoms with E-state index in [9.17, 15) is 9.90 Å². The number of benzene rings is 1. The predicted octanol–water partition coefficient (Wildman–Crippen LogP) is 1.50. The lowest BCUT2D eigenvalue weighted by molar-refractivity contribution is -0.172. The quantitative estimate of drug-likeness (QED) is 0.825. The van der Waals surface area contributed by atoms with Crippen LogP contribution in [0.3, 0.4) is 0 Å².